The van der Waals surface area contributed by atoms with Crippen molar-refractivity contribution in [2.45, 2.75) is 63.1 Å². The lowest BCUT2D eigenvalue weighted by Gasteiger charge is -2.24. The van der Waals surface area contributed by atoms with E-state index in [4.69, 9.17) is 5.73 Å². The van der Waals surface area contributed by atoms with Crippen LogP contribution in [0, 0.1) is 0 Å². The Morgan fingerprint density at radius 3 is 2.71 bits per heavy atom. The summed E-state index contributed by atoms with van der Waals surface area (Å²) in [5, 5.41) is 5.67. The van der Waals surface area contributed by atoms with Gasteiger partial charge in [-0.1, -0.05) is 19.3 Å². The van der Waals surface area contributed by atoms with Gasteiger partial charge in [0, 0.05) is 18.5 Å². The van der Waals surface area contributed by atoms with Crippen molar-refractivity contribution in [3.05, 3.63) is 0 Å². The van der Waals surface area contributed by atoms with Crippen molar-refractivity contribution in [3.8, 4) is 0 Å². The van der Waals surface area contributed by atoms with E-state index in [1.165, 1.54) is 6.42 Å². The minimum atomic E-state index is -0.349. The van der Waals surface area contributed by atoms with Gasteiger partial charge >= 0.3 is 0 Å². The minimum absolute atomic E-state index is 0.0321. The van der Waals surface area contributed by atoms with E-state index in [1.54, 1.807) is 0 Å². The van der Waals surface area contributed by atoms with E-state index in [1.807, 2.05) is 0 Å². The Morgan fingerprint density at radius 2 is 2.00 bits per heavy atom. The van der Waals surface area contributed by atoms with Crippen LogP contribution in [0.15, 0.2) is 0 Å². The van der Waals surface area contributed by atoms with Crippen LogP contribution in [0.25, 0.3) is 0 Å². The predicted molar refractivity (Wildman–Crippen MR) is 64.2 cm³/mol. The fraction of sp³-hybridized carbons (Fsp3) is 0.833. The van der Waals surface area contributed by atoms with Crippen LogP contribution in [0.1, 0.15) is 44.9 Å². The van der Waals surface area contributed by atoms with Crippen molar-refractivity contribution in [3.63, 3.8) is 0 Å². The molecule has 2 fully saturated rings. The van der Waals surface area contributed by atoms with E-state index in [-0.39, 0.29) is 29.9 Å². The quantitative estimate of drug-likeness (QED) is 0.595. The van der Waals surface area contributed by atoms with E-state index in [0.29, 0.717) is 12.8 Å². The summed E-state index contributed by atoms with van der Waals surface area (Å²) >= 11 is 0. The van der Waals surface area contributed by atoms with E-state index >= 15 is 0 Å². The first-order chi connectivity index (χ1) is 8.16. The van der Waals surface area contributed by atoms with E-state index in [9.17, 15) is 9.59 Å². The Hall–Kier alpha value is -1.10. The van der Waals surface area contributed by atoms with Gasteiger partial charge in [0.25, 0.3) is 0 Å². The third-order valence-corrected chi connectivity index (χ3v) is 3.71. The van der Waals surface area contributed by atoms with Crippen LogP contribution in [-0.2, 0) is 9.59 Å². The molecule has 3 unspecified atom stereocenters. The molecule has 2 amide bonds. The second-order valence-electron chi connectivity index (χ2n) is 5.08. The van der Waals surface area contributed by atoms with Gasteiger partial charge in [-0.15, -0.1) is 0 Å². The molecule has 3 atom stereocenters. The molecule has 5 heteroatoms. The summed E-state index contributed by atoms with van der Waals surface area (Å²) in [7, 11) is 0. The van der Waals surface area contributed by atoms with Crippen molar-refractivity contribution >= 4 is 11.8 Å². The fourth-order valence-corrected chi connectivity index (χ4v) is 2.61. The van der Waals surface area contributed by atoms with Crippen LogP contribution in [0.2, 0.25) is 0 Å². The summed E-state index contributed by atoms with van der Waals surface area (Å²) in [4.78, 5) is 23.0. The fourth-order valence-electron chi connectivity index (χ4n) is 2.61. The van der Waals surface area contributed by atoms with Gasteiger partial charge in [-0.25, -0.2) is 0 Å². The maximum Gasteiger partial charge on any atom is 0.242 e. The lowest BCUT2D eigenvalue weighted by Crippen LogP contribution is -2.52. The molecular weight excluding hydrogens is 218 g/mol. The molecule has 0 aromatic heterocycles. The molecule has 0 spiro atoms. The van der Waals surface area contributed by atoms with Gasteiger partial charge in [0.15, 0.2) is 0 Å². The summed E-state index contributed by atoms with van der Waals surface area (Å²) in [6, 6.07) is -0.223. The number of hydrogen-bond donors (Lipinski definition) is 3. The van der Waals surface area contributed by atoms with Gasteiger partial charge in [0.1, 0.15) is 6.04 Å². The van der Waals surface area contributed by atoms with Gasteiger partial charge < -0.3 is 16.4 Å². The zero-order chi connectivity index (χ0) is 12.3. The summed E-state index contributed by atoms with van der Waals surface area (Å²) < 4.78 is 0. The maximum atomic E-state index is 11.9. The number of amides is 2. The summed E-state index contributed by atoms with van der Waals surface area (Å²) in [5.41, 5.74) is 6.05. The molecule has 0 bridgehead atoms. The Kier molecular flexibility index (Phi) is 3.99. The molecule has 5 nitrogen and oxygen atoms in total. The highest BCUT2D eigenvalue weighted by atomic mass is 16.2. The van der Waals surface area contributed by atoms with E-state index < -0.39 is 0 Å². The van der Waals surface area contributed by atoms with Crippen LogP contribution in [-0.4, -0.2) is 29.9 Å². The average Bonchev–Trinajstić information content (AvgIpc) is 2.63. The normalized spacial score (nSPS) is 33.9. The van der Waals surface area contributed by atoms with Crippen LogP contribution in [0.5, 0.6) is 0 Å². The van der Waals surface area contributed by atoms with Crippen molar-refractivity contribution in [1.29, 1.82) is 0 Å². The zero-order valence-electron chi connectivity index (χ0n) is 10.1. The molecule has 1 heterocycles. The topological polar surface area (TPSA) is 84.2 Å². The number of hydrogen-bond acceptors (Lipinski definition) is 3. The number of carbonyl (C=O) groups is 2. The summed E-state index contributed by atoms with van der Waals surface area (Å²) in [6.07, 6.45) is 6.45. The molecule has 4 N–H and O–H groups in total. The van der Waals surface area contributed by atoms with Gasteiger partial charge in [0.05, 0.1) is 0 Å². The first-order valence-electron chi connectivity index (χ1n) is 6.52. The van der Waals surface area contributed by atoms with Crippen LogP contribution in [0.4, 0.5) is 0 Å². The average molecular weight is 239 g/mol. The van der Waals surface area contributed by atoms with Crippen molar-refractivity contribution in [2.75, 3.05) is 0 Å². The zero-order valence-corrected chi connectivity index (χ0v) is 10.1. The van der Waals surface area contributed by atoms with Crippen LogP contribution < -0.4 is 16.4 Å². The van der Waals surface area contributed by atoms with Gasteiger partial charge in [-0.05, 0) is 19.3 Å². The van der Waals surface area contributed by atoms with E-state index in [0.717, 1.165) is 25.7 Å². The molecule has 96 valence electrons. The van der Waals surface area contributed by atoms with Crippen molar-refractivity contribution in [1.82, 2.24) is 10.6 Å². The predicted octanol–water partition coefficient (Wildman–Crippen LogP) is 0.0412. The summed E-state index contributed by atoms with van der Waals surface area (Å²) in [5.74, 6) is -0.103. The monoisotopic (exact) mass is 239 g/mol. The highest BCUT2D eigenvalue weighted by Crippen LogP contribution is 2.17. The smallest absolute Gasteiger partial charge is 0.242 e. The van der Waals surface area contributed by atoms with Gasteiger partial charge in [-0.2, -0.15) is 0 Å². The Morgan fingerprint density at radius 1 is 1.24 bits per heavy atom. The standard InChI is InChI=1S/C12H21N3O2/c13-8-4-2-1-3-5-9(8)15-12(17)10-6-7-11(16)14-10/h8-10H,1-7,13H2,(H,14,16)(H,15,17). The third-order valence-electron chi connectivity index (χ3n) is 3.71. The molecule has 1 aliphatic carbocycles. The molecule has 0 radical (unpaired) electrons. The second-order valence-corrected chi connectivity index (χ2v) is 5.08. The summed E-state index contributed by atoms with van der Waals surface area (Å²) in [6.45, 7) is 0. The first-order valence-corrected chi connectivity index (χ1v) is 6.52. The van der Waals surface area contributed by atoms with Gasteiger partial charge in [0.2, 0.25) is 11.8 Å². The number of nitrogens with two attached hydrogens (primary N) is 1. The molecule has 17 heavy (non-hydrogen) atoms. The Bertz CT molecular complexity index is 306. The SMILES string of the molecule is NC1CCCCCC1NC(=O)C1CCC(=O)N1. The van der Waals surface area contributed by atoms with E-state index in [2.05, 4.69) is 10.6 Å². The Labute approximate surface area is 102 Å². The second kappa shape index (κ2) is 5.49. The number of carbonyl (C=O) groups excluding carboxylic acids is 2. The minimum Gasteiger partial charge on any atom is -0.350 e. The molecule has 2 rings (SSSR count). The lowest BCUT2D eigenvalue weighted by atomic mass is 10.0. The van der Waals surface area contributed by atoms with Crippen LogP contribution in [0.3, 0.4) is 0 Å². The highest BCUT2D eigenvalue weighted by molar-refractivity contribution is 5.90. The molecule has 2 aliphatic rings. The molecule has 0 aromatic rings. The highest BCUT2D eigenvalue weighted by Gasteiger charge is 2.30. The molecule has 0 aromatic carbocycles. The molecule has 1 saturated heterocycles. The third kappa shape index (κ3) is 3.19. The largest absolute Gasteiger partial charge is 0.350 e. The van der Waals surface area contributed by atoms with Gasteiger partial charge in [-0.3, -0.25) is 9.59 Å². The van der Waals surface area contributed by atoms with Crippen molar-refractivity contribution < 1.29 is 9.59 Å². The maximum absolute atomic E-state index is 11.9. The molecule has 1 aliphatic heterocycles. The van der Waals surface area contributed by atoms with Crippen LogP contribution >= 0.6 is 0 Å². The Balaban J connectivity index is 1.86. The number of nitrogens with one attached hydrogen (secondary N) is 2. The number of rotatable bonds is 2. The lowest BCUT2D eigenvalue weighted by molar-refractivity contribution is -0.126. The first kappa shape index (κ1) is 12.4. The molecule has 1 saturated carbocycles. The van der Waals surface area contributed by atoms with Crippen molar-refractivity contribution in [2.24, 2.45) is 5.73 Å². The molecular formula is C12H21N3O2.